The first kappa shape index (κ1) is 86.3. The van der Waals surface area contributed by atoms with Gasteiger partial charge >= 0.3 is 5.97 Å². The maximum Gasteiger partial charge on any atom is 0.316 e. The van der Waals surface area contributed by atoms with Crippen LogP contribution in [0.25, 0.3) is 0 Å². The molecule has 13 rings (SSSR count). The van der Waals surface area contributed by atoms with Crippen molar-refractivity contribution in [3.8, 4) is 17.2 Å². The van der Waals surface area contributed by atoms with Gasteiger partial charge in [-0.2, -0.15) is 0 Å². The smallest absolute Gasteiger partial charge is 0.316 e. The number of benzene rings is 2. The number of methoxy groups -OCH3 is 1. The second-order valence-electron chi connectivity index (χ2n) is 33.8. The van der Waals surface area contributed by atoms with Crippen molar-refractivity contribution in [2.75, 3.05) is 35.3 Å². The van der Waals surface area contributed by atoms with Gasteiger partial charge in [0.2, 0.25) is 12.1 Å². The topological polar surface area (TPSA) is 512 Å². The molecule has 0 saturated carbocycles. The molecule has 8 fully saturated rings. The molecule has 14 N–H and O–H groups in total. The minimum absolute atomic E-state index is 0.0358. The summed E-state index contributed by atoms with van der Waals surface area (Å²) in [5.41, 5.74) is -9.66. The Morgan fingerprint density at radius 1 is 0.522 bits per heavy atom. The molecule has 0 amide bonds. The number of ketones is 2. The molecule has 2 bridgehead atoms. The van der Waals surface area contributed by atoms with Gasteiger partial charge in [0, 0.05) is 61.3 Å². The van der Waals surface area contributed by atoms with E-state index in [9.17, 15) is 76.7 Å². The number of phenolic OH excluding ortho intramolecular Hbond substituents is 2. The zero-order valence-electron chi connectivity index (χ0n) is 66.0. The third-order valence-corrected chi connectivity index (χ3v) is 25.1. The monoisotopic (exact) mass is 1610 g/mol. The Morgan fingerprint density at radius 2 is 0.965 bits per heavy atom. The average Bonchev–Trinajstić information content (AvgIpc) is 0.687. The average molecular weight is 1610 g/mol. The molecule has 636 valence electrons. The van der Waals surface area contributed by atoms with Crippen LogP contribution < -0.4 is 15.2 Å². The van der Waals surface area contributed by atoms with E-state index in [0.29, 0.717) is 0 Å². The normalized spacial score (nSPS) is 46.5. The van der Waals surface area contributed by atoms with Crippen molar-refractivity contribution in [1.82, 2.24) is 9.80 Å². The number of nitrogens with zero attached hydrogens (tertiary/aromatic N) is 2. The highest BCUT2D eigenvalue weighted by molar-refractivity contribution is 6.31. The molecule has 9 heterocycles. The van der Waals surface area contributed by atoms with Crippen LogP contribution in [0.5, 0.6) is 17.2 Å². The van der Waals surface area contributed by atoms with Gasteiger partial charge in [0.15, 0.2) is 60.9 Å². The van der Waals surface area contributed by atoms with Crippen LogP contribution in [0, 0.1) is 10.4 Å². The molecule has 9 aliphatic heterocycles. The van der Waals surface area contributed by atoms with Gasteiger partial charge < -0.3 is 152 Å². The molecule has 113 heavy (non-hydrogen) atoms. The number of hydrogen-bond donors (Lipinski definition) is 14. The number of esters is 1. The third-order valence-electron chi connectivity index (χ3n) is 25.1. The Hall–Kier alpha value is -4.59. The number of aromatic hydroxyl groups is 2. The second-order valence-corrected chi connectivity index (χ2v) is 33.8. The molecule has 8 saturated heterocycles. The van der Waals surface area contributed by atoms with Crippen molar-refractivity contribution in [3.63, 3.8) is 0 Å². The largest absolute Gasteiger partial charge is 0.600 e. The molecule has 2 aromatic carbocycles. The number of ether oxygens (including phenoxy) is 17. The number of hydrogen-bond acceptors (Lipinski definition) is 36. The van der Waals surface area contributed by atoms with Crippen molar-refractivity contribution in [2.45, 2.75) is 346 Å². The van der Waals surface area contributed by atoms with Gasteiger partial charge in [0.05, 0.1) is 122 Å². The van der Waals surface area contributed by atoms with Crippen LogP contribution >= 0.6 is 0 Å². The Bertz CT molecular complexity index is 3740. The number of rotatable bonds is 19. The summed E-state index contributed by atoms with van der Waals surface area (Å²) in [5.74, 6) is -6.57. The summed E-state index contributed by atoms with van der Waals surface area (Å²) >= 11 is 0. The van der Waals surface area contributed by atoms with E-state index in [1.165, 1.54) is 26.8 Å². The molecule has 38 unspecified atom stereocenters. The van der Waals surface area contributed by atoms with Crippen molar-refractivity contribution in [3.05, 3.63) is 61.5 Å². The number of hydroxylamine groups is 4. The SMILES string of the molecule is COC(=O)C1c2cc3c(c(O)c2C(OC2CC(N(C)C)C(OC4CC(O)C(OC5CC(C)([NH+]([O-])O)C(OC6CC(O)C(O)C(C)O6)C(C)O5)C(C)O4)C(C)O2)CC1(C)O)C(=O)c1c(O)cc2c(c1C3=O)OC1OC2(C)C(OC2CC(O)C(OC3CC(C)([NH+]([O-])O)C(OC4CC(O)C(O)C(C)O4)C(C)O3)C(C)O2)C(N(C)C)C1O. The number of fused-ring (bicyclic) bond motifs is 8. The molecule has 11 aliphatic rings. The molecule has 38 atom stereocenters. The van der Waals surface area contributed by atoms with Crippen molar-refractivity contribution in [1.29, 1.82) is 0 Å². The fourth-order valence-electron chi connectivity index (χ4n) is 19.0. The minimum atomic E-state index is -2.05. The summed E-state index contributed by atoms with van der Waals surface area (Å²) in [6, 6.07) is 0.784. The first-order valence-electron chi connectivity index (χ1n) is 38.7. The van der Waals surface area contributed by atoms with Gasteiger partial charge in [0.25, 0.3) is 0 Å². The van der Waals surface area contributed by atoms with Crippen molar-refractivity contribution in [2.24, 2.45) is 0 Å². The Morgan fingerprint density at radius 3 is 1.42 bits per heavy atom. The summed E-state index contributed by atoms with van der Waals surface area (Å²) in [7, 11) is 7.98. The lowest BCUT2D eigenvalue weighted by molar-refractivity contribution is -1.09. The van der Waals surface area contributed by atoms with Crippen LogP contribution in [0.15, 0.2) is 12.1 Å². The van der Waals surface area contributed by atoms with E-state index in [2.05, 4.69) is 0 Å². The van der Waals surface area contributed by atoms with Crippen molar-refractivity contribution < 1.29 is 167 Å². The number of likely N-dealkylation sites (N-methyl/N-ethyl adjacent to an activating group) is 2. The van der Waals surface area contributed by atoms with E-state index in [0.717, 1.165) is 13.2 Å². The number of quaternary nitrogens is 2. The van der Waals surface area contributed by atoms with Crippen LogP contribution in [-0.2, 0) is 86.2 Å². The molecule has 38 heteroatoms. The van der Waals surface area contributed by atoms with Gasteiger partial charge in [-0.15, -0.1) is 0 Å². The standard InChI is InChI=1S/C75H112N4O34/c1-27-57(85)39(81)20-46(98-27)109-67-32(6)103-49(25-72(67,8)78(93)94)107-64-30(4)101-45(22-41(64)83)106-63-29(3)100-44(19-37(63)76(12)13)105-43-24-74(10,92)55(70(91)97-16)34-17-35-52(60(88)51(34)43)61(89)53-38(80)18-36-66(54(53)59(35)87)112-71-62(90)56(77(14)15)69(75(36,11)113-71)111-48-23-42(84)65(31(5)102-48)108-50-26-73(9,79(95)96)68(33(7)104-50)110-47-21-40(82)58(86)28(2)99-47/h17-18,27-33,37,39-50,55-58,62-65,67-69,71,78-86,88,90,92-93,95H,19-26H2,1-16H3. The lowest BCUT2D eigenvalue weighted by atomic mass is 9.68. The van der Waals surface area contributed by atoms with E-state index >= 15 is 9.59 Å². The summed E-state index contributed by atoms with van der Waals surface area (Å²) in [4.78, 5) is 48.7. The number of carbonyl (C=O) groups is 3. The van der Waals surface area contributed by atoms with E-state index in [1.807, 2.05) is 4.90 Å². The zero-order chi connectivity index (χ0) is 82.4. The first-order chi connectivity index (χ1) is 52.9. The number of carbonyl (C=O) groups excluding carboxylic acids is 3. The number of nitrogens with one attached hydrogen (secondary N) is 2. The van der Waals surface area contributed by atoms with Crippen LogP contribution in [-0.4, -0.2) is 325 Å². The highest BCUT2D eigenvalue weighted by Crippen LogP contribution is 2.58. The number of aliphatic hydroxyl groups excluding tert-OH is 7. The fraction of sp³-hybridized carbons (Fsp3) is 0.800. The van der Waals surface area contributed by atoms with Crippen molar-refractivity contribution >= 4 is 17.5 Å². The molecule has 0 spiro atoms. The van der Waals surface area contributed by atoms with Crippen LogP contribution in [0.3, 0.4) is 0 Å². The predicted octanol–water partition coefficient (Wildman–Crippen LogP) is -1.99. The third kappa shape index (κ3) is 15.7. The summed E-state index contributed by atoms with van der Waals surface area (Å²) in [6.07, 6.45) is -33.8. The Balaban J connectivity index is 0.710. The molecular formula is C75H112N4O34. The summed E-state index contributed by atoms with van der Waals surface area (Å²) < 4.78 is 107. The Labute approximate surface area is 652 Å². The lowest BCUT2D eigenvalue weighted by Crippen LogP contribution is -3.16. The lowest BCUT2D eigenvalue weighted by Gasteiger charge is -2.56. The van der Waals surface area contributed by atoms with Gasteiger partial charge in [-0.1, -0.05) is 0 Å². The van der Waals surface area contributed by atoms with Crippen LogP contribution in [0.2, 0.25) is 0 Å². The van der Waals surface area contributed by atoms with Gasteiger partial charge in [-0.05, 0) is 122 Å². The fourth-order valence-corrected chi connectivity index (χ4v) is 19.0. The quantitative estimate of drug-likeness (QED) is 0.0456. The van der Waals surface area contributed by atoms with Gasteiger partial charge in [0.1, 0.15) is 83.7 Å². The molecule has 2 aliphatic carbocycles. The molecular weight excluding hydrogens is 1500 g/mol. The van der Waals surface area contributed by atoms with E-state index < -0.39 is 287 Å². The summed E-state index contributed by atoms with van der Waals surface area (Å²) in [6.45, 7) is 17.1. The highest BCUT2D eigenvalue weighted by atomic mass is 16.8. The first-order valence-corrected chi connectivity index (χ1v) is 38.7. The molecule has 38 nitrogen and oxygen atoms in total. The second kappa shape index (κ2) is 32.5. The number of aliphatic hydroxyl groups is 8. The van der Waals surface area contributed by atoms with Crippen LogP contribution in [0.4, 0.5) is 0 Å². The van der Waals surface area contributed by atoms with Gasteiger partial charge in [-0.25, -0.2) is 20.9 Å². The Kier molecular flexibility index (Phi) is 24.8. The minimum Gasteiger partial charge on any atom is -0.600 e. The predicted molar refractivity (Wildman–Crippen MR) is 378 cm³/mol. The zero-order valence-corrected chi connectivity index (χ0v) is 66.0. The van der Waals surface area contributed by atoms with E-state index in [-0.39, 0.29) is 67.4 Å². The maximum atomic E-state index is 15.7. The summed E-state index contributed by atoms with van der Waals surface area (Å²) in [5, 5.41) is 160. The molecule has 2 aromatic rings. The number of phenols is 2. The molecule has 0 radical (unpaired) electrons. The van der Waals surface area contributed by atoms with E-state index in [4.69, 9.17) is 80.5 Å². The maximum absolute atomic E-state index is 15.7. The molecule has 0 aromatic heterocycles. The van der Waals surface area contributed by atoms with Crippen LogP contribution in [0.1, 0.15) is 188 Å². The highest BCUT2D eigenvalue weighted by Gasteiger charge is 2.64. The van der Waals surface area contributed by atoms with E-state index in [1.54, 1.807) is 88.5 Å². The van der Waals surface area contributed by atoms with Gasteiger partial charge in [-0.3, -0.25) is 14.4 Å².